The Balaban J connectivity index is 1.75. The number of rotatable bonds is 5. The fourth-order valence-corrected chi connectivity index (χ4v) is 5.42. The summed E-state index contributed by atoms with van der Waals surface area (Å²) < 4.78 is 57.6. The zero-order valence-electron chi connectivity index (χ0n) is 19.4. The van der Waals surface area contributed by atoms with Gasteiger partial charge in [0, 0.05) is 0 Å². The fraction of sp³-hybridized carbons (Fsp3) is 0.435. The first-order valence-corrected chi connectivity index (χ1v) is 12.5. The van der Waals surface area contributed by atoms with E-state index in [0.717, 1.165) is 11.8 Å². The maximum atomic E-state index is 13.4. The molecule has 1 atom stereocenters. The number of methoxy groups -OCH3 is 1. The number of anilines is 2. The average Bonchev–Trinajstić information content (AvgIpc) is 2.78. The van der Waals surface area contributed by atoms with E-state index in [1.807, 2.05) is 6.07 Å². The maximum absolute atomic E-state index is 13.4. The van der Waals surface area contributed by atoms with Gasteiger partial charge < -0.3 is 15.0 Å². The van der Waals surface area contributed by atoms with E-state index in [4.69, 9.17) is 4.74 Å². The molecule has 2 aromatic heterocycles. The number of hydrogen-bond donors (Lipinski definition) is 1. The van der Waals surface area contributed by atoms with Crippen molar-refractivity contribution in [3.8, 4) is 5.88 Å². The molecule has 0 radical (unpaired) electrons. The highest BCUT2D eigenvalue weighted by Gasteiger charge is 2.33. The summed E-state index contributed by atoms with van der Waals surface area (Å²) >= 11 is 0. The maximum Gasteiger partial charge on any atom is 0.416 e. The lowest BCUT2D eigenvalue weighted by Gasteiger charge is -2.26. The number of nitrogens with zero attached hydrogens (tertiary/aromatic N) is 4. The number of benzene rings is 1. The molecule has 0 bridgehead atoms. The molecule has 0 amide bonds. The van der Waals surface area contributed by atoms with Crippen LogP contribution in [0.25, 0.3) is 11.0 Å². The van der Waals surface area contributed by atoms with Gasteiger partial charge >= 0.3 is 14.0 Å². The molecule has 0 aliphatic carbocycles. The molecule has 7 nitrogen and oxygen atoms in total. The minimum atomic E-state index is -4.42. The Morgan fingerprint density at radius 1 is 1.15 bits per heavy atom. The Labute approximate surface area is 196 Å². The Kier molecular flexibility index (Phi) is 6.62. The standard InChI is InChI=1S/C23H26F3N5O2P/c1-13-16(6-5-7-18(13)23(24,25)26)14(2)27-20-17-12-19(31-8-10-34(32)11-9-31)22(33-4)30-21(17)29-15(3)28-20/h5-7,12,14H,8-11H2,1-4H3,(H,27,28,29,30)/q+1/t14-/m1/s1. The van der Waals surface area contributed by atoms with Crippen LogP contribution < -0.4 is 15.0 Å². The molecule has 1 fully saturated rings. The highest BCUT2D eigenvalue weighted by atomic mass is 31.1. The summed E-state index contributed by atoms with van der Waals surface area (Å²) in [5, 5.41) is 3.90. The number of fused-ring (bicyclic) bond motifs is 1. The molecule has 11 heteroatoms. The van der Waals surface area contributed by atoms with Crippen LogP contribution in [0.4, 0.5) is 24.7 Å². The summed E-state index contributed by atoms with van der Waals surface area (Å²) in [7, 11) is 0.346. The van der Waals surface area contributed by atoms with Crippen molar-refractivity contribution in [1.82, 2.24) is 15.0 Å². The van der Waals surface area contributed by atoms with Crippen molar-refractivity contribution < 1.29 is 22.5 Å². The lowest BCUT2D eigenvalue weighted by Crippen LogP contribution is -2.32. The molecule has 1 saturated heterocycles. The van der Waals surface area contributed by atoms with Gasteiger partial charge in [-0.2, -0.15) is 18.2 Å². The zero-order chi connectivity index (χ0) is 24.6. The van der Waals surface area contributed by atoms with E-state index in [1.54, 1.807) is 19.9 Å². The van der Waals surface area contributed by atoms with Crippen molar-refractivity contribution in [2.45, 2.75) is 33.0 Å². The lowest BCUT2D eigenvalue weighted by atomic mass is 9.97. The van der Waals surface area contributed by atoms with Gasteiger partial charge in [0.2, 0.25) is 5.88 Å². The minimum absolute atomic E-state index is 0.174. The van der Waals surface area contributed by atoms with Crippen molar-refractivity contribution in [2.75, 3.05) is 42.7 Å². The number of nitrogens with one attached hydrogen (secondary N) is 1. The molecule has 180 valence electrons. The molecule has 1 aromatic carbocycles. The van der Waals surface area contributed by atoms with Gasteiger partial charge in [0.15, 0.2) is 18.0 Å². The smallest absolute Gasteiger partial charge is 0.416 e. The first-order valence-electron chi connectivity index (χ1n) is 10.9. The largest absolute Gasteiger partial charge is 0.479 e. The van der Waals surface area contributed by atoms with E-state index >= 15 is 0 Å². The van der Waals surface area contributed by atoms with Gasteiger partial charge in [-0.15, -0.1) is 0 Å². The Bertz CT molecular complexity index is 1240. The summed E-state index contributed by atoms with van der Waals surface area (Å²) in [5.41, 5.74) is 1.22. The lowest BCUT2D eigenvalue weighted by molar-refractivity contribution is -0.138. The quantitative estimate of drug-likeness (QED) is 0.472. The Morgan fingerprint density at radius 3 is 2.50 bits per heavy atom. The number of aromatic nitrogens is 3. The third-order valence-corrected chi connectivity index (χ3v) is 7.42. The Morgan fingerprint density at radius 2 is 1.85 bits per heavy atom. The van der Waals surface area contributed by atoms with Crippen LogP contribution in [-0.4, -0.2) is 47.5 Å². The molecule has 0 spiro atoms. The molecule has 0 unspecified atom stereocenters. The van der Waals surface area contributed by atoms with E-state index < -0.39 is 25.6 Å². The number of aryl methyl sites for hydroxylation is 1. The SMILES string of the molecule is COc1nc2nc(C)nc(N[C@H](C)c3cccc(C(F)(F)F)c3C)c2cc1N1CC[P+](=O)CC1. The predicted octanol–water partition coefficient (Wildman–Crippen LogP) is 5.49. The molecule has 1 N–H and O–H groups in total. The van der Waals surface area contributed by atoms with Crippen molar-refractivity contribution in [3.05, 3.63) is 46.8 Å². The van der Waals surface area contributed by atoms with E-state index in [-0.39, 0.29) is 5.56 Å². The molecular weight excluding hydrogens is 466 g/mol. The van der Waals surface area contributed by atoms with Crippen molar-refractivity contribution in [2.24, 2.45) is 0 Å². The summed E-state index contributed by atoms with van der Waals surface area (Å²) in [6.45, 7) is 6.24. The summed E-state index contributed by atoms with van der Waals surface area (Å²) in [6.07, 6.45) is -3.23. The van der Waals surface area contributed by atoms with E-state index in [9.17, 15) is 17.7 Å². The molecular formula is C23H26F3N5O2P+. The second-order valence-electron chi connectivity index (χ2n) is 8.31. The number of halogens is 3. The second-order valence-corrected chi connectivity index (χ2v) is 10.2. The average molecular weight is 492 g/mol. The second kappa shape index (κ2) is 9.33. The van der Waals surface area contributed by atoms with Crippen molar-refractivity contribution in [1.29, 1.82) is 0 Å². The van der Waals surface area contributed by atoms with Crippen LogP contribution >= 0.6 is 7.80 Å². The van der Waals surface area contributed by atoms with Gasteiger partial charge in [-0.05, 0) is 44.0 Å². The summed E-state index contributed by atoms with van der Waals surface area (Å²) in [6, 6.07) is 5.61. The highest BCUT2D eigenvalue weighted by molar-refractivity contribution is 7.44. The van der Waals surface area contributed by atoms with Gasteiger partial charge in [-0.3, -0.25) is 0 Å². The van der Waals surface area contributed by atoms with Gasteiger partial charge in [-0.1, -0.05) is 16.7 Å². The predicted molar refractivity (Wildman–Crippen MR) is 126 cm³/mol. The minimum Gasteiger partial charge on any atom is -0.479 e. The van der Waals surface area contributed by atoms with Gasteiger partial charge in [0.25, 0.3) is 0 Å². The monoisotopic (exact) mass is 492 g/mol. The molecule has 1 aliphatic rings. The van der Waals surface area contributed by atoms with Crippen LogP contribution in [0.3, 0.4) is 0 Å². The fourth-order valence-electron chi connectivity index (χ4n) is 4.26. The van der Waals surface area contributed by atoms with Gasteiger partial charge in [0.1, 0.15) is 17.3 Å². The van der Waals surface area contributed by atoms with Crippen LogP contribution in [0, 0.1) is 13.8 Å². The molecule has 3 heterocycles. The third-order valence-electron chi connectivity index (χ3n) is 6.02. The highest BCUT2D eigenvalue weighted by Crippen LogP contribution is 2.38. The third kappa shape index (κ3) is 4.78. The number of hydrogen-bond acceptors (Lipinski definition) is 7. The van der Waals surface area contributed by atoms with Crippen LogP contribution in [0.15, 0.2) is 24.3 Å². The van der Waals surface area contributed by atoms with E-state index in [0.29, 0.717) is 59.5 Å². The molecule has 0 saturated carbocycles. The zero-order valence-corrected chi connectivity index (χ0v) is 20.3. The van der Waals surface area contributed by atoms with Crippen molar-refractivity contribution in [3.63, 3.8) is 0 Å². The molecule has 1 aliphatic heterocycles. The molecule has 3 aromatic rings. The van der Waals surface area contributed by atoms with Gasteiger partial charge in [-0.25, -0.2) is 9.97 Å². The van der Waals surface area contributed by atoms with Crippen LogP contribution in [0.5, 0.6) is 5.88 Å². The van der Waals surface area contributed by atoms with Crippen LogP contribution in [0.2, 0.25) is 0 Å². The molecule has 34 heavy (non-hydrogen) atoms. The number of ether oxygens (including phenoxy) is 1. The Hall–Kier alpha value is -3.00. The summed E-state index contributed by atoms with van der Waals surface area (Å²) in [5.74, 6) is 1.36. The topological polar surface area (TPSA) is 80.2 Å². The van der Waals surface area contributed by atoms with E-state index in [2.05, 4.69) is 25.2 Å². The van der Waals surface area contributed by atoms with Gasteiger partial charge in [0.05, 0.1) is 37.2 Å². The van der Waals surface area contributed by atoms with Crippen molar-refractivity contribution >= 4 is 30.3 Å². The number of alkyl halides is 3. The first-order chi connectivity index (χ1) is 16.1. The summed E-state index contributed by atoms with van der Waals surface area (Å²) in [4.78, 5) is 15.6. The first kappa shape index (κ1) is 24.1. The van der Waals surface area contributed by atoms with Crippen LogP contribution in [0.1, 0.15) is 35.5 Å². The molecule has 4 rings (SSSR count). The van der Waals surface area contributed by atoms with Crippen LogP contribution in [-0.2, 0) is 10.7 Å². The van der Waals surface area contributed by atoms with E-state index in [1.165, 1.54) is 20.1 Å². The number of pyridine rings is 1. The normalized spacial score (nSPS) is 15.5.